The first kappa shape index (κ1) is 14.2. The number of hydrogen-bond acceptors (Lipinski definition) is 3. The summed E-state index contributed by atoms with van der Waals surface area (Å²) < 4.78 is 5.51. The van der Waals surface area contributed by atoms with Crippen molar-refractivity contribution in [1.82, 2.24) is 0 Å². The molecule has 0 heterocycles. The molecular formula is C14H18O4. The summed E-state index contributed by atoms with van der Waals surface area (Å²) in [6.07, 6.45) is 3.25. The lowest BCUT2D eigenvalue weighted by Gasteiger charge is -2.08. The highest BCUT2D eigenvalue weighted by molar-refractivity contribution is 5.79. The monoisotopic (exact) mass is 250 g/mol. The number of aldehydes is 1. The Kier molecular flexibility index (Phi) is 5.91. The Morgan fingerprint density at radius 1 is 1.33 bits per heavy atom. The van der Waals surface area contributed by atoms with Crippen LogP contribution in [-0.2, 0) is 4.79 Å². The number of aliphatic carboxylic acids is 1. The average Bonchev–Trinajstić information content (AvgIpc) is 2.34. The van der Waals surface area contributed by atoms with Gasteiger partial charge >= 0.3 is 5.97 Å². The average molecular weight is 250 g/mol. The Balaban J connectivity index is 2.31. The summed E-state index contributed by atoms with van der Waals surface area (Å²) in [6.45, 7) is 2.42. The van der Waals surface area contributed by atoms with Gasteiger partial charge in [0.15, 0.2) is 6.29 Å². The van der Waals surface area contributed by atoms with E-state index >= 15 is 0 Å². The van der Waals surface area contributed by atoms with Crippen LogP contribution in [0.15, 0.2) is 18.2 Å². The van der Waals surface area contributed by atoms with Crippen LogP contribution in [0.1, 0.15) is 41.6 Å². The van der Waals surface area contributed by atoms with Crippen molar-refractivity contribution in [2.75, 3.05) is 6.61 Å². The molecule has 1 aromatic rings. The van der Waals surface area contributed by atoms with Gasteiger partial charge < -0.3 is 9.84 Å². The number of carbonyl (C=O) groups excluding carboxylic acids is 1. The molecule has 0 fully saturated rings. The van der Waals surface area contributed by atoms with Gasteiger partial charge in [-0.3, -0.25) is 9.59 Å². The van der Waals surface area contributed by atoms with Gasteiger partial charge in [-0.1, -0.05) is 11.6 Å². The van der Waals surface area contributed by atoms with Crippen molar-refractivity contribution in [1.29, 1.82) is 0 Å². The number of rotatable bonds is 8. The fourth-order valence-corrected chi connectivity index (χ4v) is 1.63. The molecule has 0 radical (unpaired) electrons. The van der Waals surface area contributed by atoms with E-state index < -0.39 is 5.97 Å². The highest BCUT2D eigenvalue weighted by Gasteiger charge is 2.03. The number of carbonyl (C=O) groups is 2. The largest absolute Gasteiger partial charge is 0.493 e. The molecule has 1 rings (SSSR count). The predicted octanol–water partition coefficient (Wildman–Crippen LogP) is 2.83. The highest BCUT2D eigenvalue weighted by atomic mass is 16.5. The molecule has 0 aliphatic rings. The maximum atomic E-state index is 10.8. The third kappa shape index (κ3) is 4.99. The second kappa shape index (κ2) is 7.48. The Morgan fingerprint density at radius 2 is 2.11 bits per heavy atom. The number of carboxylic acid groups (broad SMARTS) is 1. The Morgan fingerprint density at radius 3 is 2.78 bits per heavy atom. The van der Waals surface area contributed by atoms with Crippen molar-refractivity contribution < 1.29 is 19.4 Å². The summed E-state index contributed by atoms with van der Waals surface area (Å²) in [7, 11) is 0. The van der Waals surface area contributed by atoms with Crippen LogP contribution in [0.2, 0.25) is 0 Å². The maximum Gasteiger partial charge on any atom is 0.303 e. The van der Waals surface area contributed by atoms with Gasteiger partial charge in [-0.15, -0.1) is 0 Å². The van der Waals surface area contributed by atoms with Gasteiger partial charge in [0.2, 0.25) is 0 Å². The van der Waals surface area contributed by atoms with E-state index in [1.165, 1.54) is 0 Å². The number of benzene rings is 1. The van der Waals surface area contributed by atoms with Crippen LogP contribution in [0.4, 0.5) is 0 Å². The second-order valence-electron chi connectivity index (χ2n) is 4.21. The van der Waals surface area contributed by atoms with E-state index in [1.807, 2.05) is 13.0 Å². The normalized spacial score (nSPS) is 10.1. The fraction of sp³-hybridized carbons (Fsp3) is 0.429. The van der Waals surface area contributed by atoms with E-state index in [0.717, 1.165) is 24.7 Å². The van der Waals surface area contributed by atoms with Crippen LogP contribution >= 0.6 is 0 Å². The zero-order valence-electron chi connectivity index (χ0n) is 10.5. The zero-order chi connectivity index (χ0) is 13.4. The molecular weight excluding hydrogens is 232 g/mol. The van der Waals surface area contributed by atoms with Crippen LogP contribution < -0.4 is 4.74 Å². The van der Waals surface area contributed by atoms with Crippen molar-refractivity contribution >= 4 is 12.3 Å². The molecule has 0 bridgehead atoms. The molecule has 0 amide bonds. The molecule has 1 N–H and O–H groups in total. The van der Waals surface area contributed by atoms with E-state index in [2.05, 4.69) is 0 Å². The molecule has 0 atom stereocenters. The third-order valence-electron chi connectivity index (χ3n) is 2.58. The van der Waals surface area contributed by atoms with Gasteiger partial charge in [0, 0.05) is 6.42 Å². The van der Waals surface area contributed by atoms with E-state index in [9.17, 15) is 9.59 Å². The zero-order valence-corrected chi connectivity index (χ0v) is 10.5. The summed E-state index contributed by atoms with van der Waals surface area (Å²) in [5.41, 5.74) is 1.58. The summed E-state index contributed by atoms with van der Waals surface area (Å²) in [4.78, 5) is 21.1. The van der Waals surface area contributed by atoms with E-state index in [1.54, 1.807) is 12.1 Å². The Labute approximate surface area is 107 Å². The molecule has 0 aromatic heterocycles. The van der Waals surface area contributed by atoms with Gasteiger partial charge in [0.1, 0.15) is 5.75 Å². The van der Waals surface area contributed by atoms with Crippen LogP contribution in [0.5, 0.6) is 5.75 Å². The number of carboxylic acids is 1. The lowest BCUT2D eigenvalue weighted by atomic mass is 10.1. The molecule has 0 unspecified atom stereocenters. The van der Waals surface area contributed by atoms with Crippen LogP contribution in [0, 0.1) is 6.92 Å². The van der Waals surface area contributed by atoms with Crippen LogP contribution in [0.3, 0.4) is 0 Å². The summed E-state index contributed by atoms with van der Waals surface area (Å²) in [5, 5.41) is 8.47. The first-order chi connectivity index (χ1) is 8.63. The third-order valence-corrected chi connectivity index (χ3v) is 2.58. The molecule has 0 saturated carbocycles. The molecule has 98 valence electrons. The van der Waals surface area contributed by atoms with E-state index in [0.29, 0.717) is 24.3 Å². The molecule has 1 aromatic carbocycles. The van der Waals surface area contributed by atoms with Gasteiger partial charge in [0.05, 0.1) is 12.2 Å². The van der Waals surface area contributed by atoms with Crippen LogP contribution in [0.25, 0.3) is 0 Å². The second-order valence-corrected chi connectivity index (χ2v) is 4.21. The summed E-state index contributed by atoms with van der Waals surface area (Å²) >= 11 is 0. The standard InChI is InChI=1S/C14H18O4/c1-11-6-7-13(12(9-11)10-15)18-8-4-2-3-5-14(16)17/h6-7,9-10H,2-5,8H2,1H3,(H,16,17). The van der Waals surface area contributed by atoms with E-state index in [4.69, 9.17) is 9.84 Å². The molecule has 0 aliphatic carbocycles. The SMILES string of the molecule is Cc1ccc(OCCCCCC(=O)O)c(C=O)c1. The smallest absolute Gasteiger partial charge is 0.303 e. The van der Waals surface area contributed by atoms with Crippen molar-refractivity contribution in [3.8, 4) is 5.75 Å². The summed E-state index contributed by atoms with van der Waals surface area (Å²) in [5.74, 6) is -0.175. The minimum absolute atomic E-state index is 0.199. The van der Waals surface area contributed by atoms with Gasteiger partial charge in [-0.25, -0.2) is 0 Å². The number of hydrogen-bond donors (Lipinski definition) is 1. The molecule has 0 saturated heterocycles. The number of aryl methyl sites for hydroxylation is 1. The van der Waals surface area contributed by atoms with Crippen LogP contribution in [-0.4, -0.2) is 24.0 Å². The number of unbranched alkanes of at least 4 members (excludes halogenated alkanes) is 2. The minimum Gasteiger partial charge on any atom is -0.493 e. The van der Waals surface area contributed by atoms with Crippen molar-refractivity contribution in [2.24, 2.45) is 0 Å². The molecule has 4 heteroatoms. The van der Waals surface area contributed by atoms with Crippen molar-refractivity contribution in [2.45, 2.75) is 32.6 Å². The Bertz CT molecular complexity index is 412. The molecule has 0 spiro atoms. The summed E-state index contributed by atoms with van der Waals surface area (Å²) in [6, 6.07) is 5.47. The molecule has 4 nitrogen and oxygen atoms in total. The number of ether oxygens (including phenoxy) is 1. The van der Waals surface area contributed by atoms with Gasteiger partial charge in [-0.2, -0.15) is 0 Å². The maximum absolute atomic E-state index is 10.8. The minimum atomic E-state index is -0.766. The Hall–Kier alpha value is -1.84. The van der Waals surface area contributed by atoms with Crippen molar-refractivity contribution in [3.05, 3.63) is 29.3 Å². The predicted molar refractivity (Wildman–Crippen MR) is 68.2 cm³/mol. The lowest BCUT2D eigenvalue weighted by molar-refractivity contribution is -0.137. The first-order valence-electron chi connectivity index (χ1n) is 6.04. The topological polar surface area (TPSA) is 63.6 Å². The lowest BCUT2D eigenvalue weighted by Crippen LogP contribution is -2.01. The van der Waals surface area contributed by atoms with Gasteiger partial charge in [0.25, 0.3) is 0 Å². The first-order valence-corrected chi connectivity index (χ1v) is 6.04. The highest BCUT2D eigenvalue weighted by Crippen LogP contribution is 2.18. The van der Waals surface area contributed by atoms with Crippen molar-refractivity contribution in [3.63, 3.8) is 0 Å². The fourth-order valence-electron chi connectivity index (χ4n) is 1.63. The van der Waals surface area contributed by atoms with Gasteiger partial charge in [-0.05, 0) is 38.3 Å². The van der Waals surface area contributed by atoms with E-state index in [-0.39, 0.29) is 6.42 Å². The molecule has 18 heavy (non-hydrogen) atoms. The quantitative estimate of drug-likeness (QED) is 0.569. The molecule has 0 aliphatic heterocycles.